The summed E-state index contributed by atoms with van der Waals surface area (Å²) in [6.07, 6.45) is 10.5. The van der Waals surface area contributed by atoms with Gasteiger partial charge in [0.2, 0.25) is 5.95 Å². The maximum Gasteiger partial charge on any atom is 0.256 e. The molecule has 2 saturated carbocycles. The van der Waals surface area contributed by atoms with Crippen LogP contribution in [0.2, 0.25) is 0 Å². The highest BCUT2D eigenvalue weighted by Gasteiger charge is 2.24. The van der Waals surface area contributed by atoms with Gasteiger partial charge in [0, 0.05) is 23.7 Å². The number of nitrogens with two attached hydrogens (primary N) is 1. The molecule has 0 atom stereocenters. The number of aromatic nitrogens is 4. The van der Waals surface area contributed by atoms with Gasteiger partial charge < -0.3 is 20.9 Å². The topological polar surface area (TPSA) is 111 Å². The summed E-state index contributed by atoms with van der Waals surface area (Å²) < 4.78 is 2.16. The van der Waals surface area contributed by atoms with E-state index in [1.807, 2.05) is 24.5 Å². The van der Waals surface area contributed by atoms with Crippen LogP contribution in [0, 0.1) is 0 Å². The Hall–Kier alpha value is -3.00. The fraction of sp³-hybridized carbons (Fsp3) is 0.478. The lowest BCUT2D eigenvalue weighted by molar-refractivity contribution is 0.102. The summed E-state index contributed by atoms with van der Waals surface area (Å²) in [6.45, 7) is 0. The minimum Gasteiger partial charge on any atom is -0.351 e. The van der Waals surface area contributed by atoms with Crippen molar-refractivity contribution in [3.8, 4) is 0 Å². The van der Waals surface area contributed by atoms with Gasteiger partial charge in [-0.2, -0.15) is 9.97 Å². The quantitative estimate of drug-likeness (QED) is 0.579. The van der Waals surface area contributed by atoms with E-state index in [2.05, 4.69) is 25.2 Å². The van der Waals surface area contributed by atoms with Crippen LogP contribution in [0.15, 0.2) is 36.7 Å². The molecular formula is C23H29N7O. The molecule has 0 unspecified atom stereocenters. The Balaban J connectivity index is 1.48. The molecule has 0 radical (unpaired) electrons. The van der Waals surface area contributed by atoms with Gasteiger partial charge in [0.15, 0.2) is 17.0 Å². The van der Waals surface area contributed by atoms with Crippen LogP contribution in [-0.2, 0) is 0 Å². The number of amides is 1. The van der Waals surface area contributed by atoms with Crippen LogP contribution >= 0.6 is 0 Å². The Kier molecular flexibility index (Phi) is 5.55. The standard InChI is InChI=1S/C23H29N7O/c24-16-10-12-17(13-11-16)26-23-28-20(27-22(31)15-6-2-1-3-7-15)19-21(29-23)30(14-25-19)18-8-4-5-9-18/h1-3,6-7,14,16-18H,4-5,8-13,24H2,(H2,26,27,28,29,31). The third-order valence-corrected chi connectivity index (χ3v) is 6.51. The number of nitrogens with one attached hydrogen (secondary N) is 2. The fourth-order valence-electron chi connectivity index (χ4n) is 4.73. The van der Waals surface area contributed by atoms with E-state index >= 15 is 0 Å². The highest BCUT2D eigenvalue weighted by Crippen LogP contribution is 2.33. The first-order valence-electron chi connectivity index (χ1n) is 11.3. The Bertz CT molecular complexity index is 1050. The van der Waals surface area contributed by atoms with Gasteiger partial charge in [-0.05, 0) is 50.7 Å². The number of fused-ring (bicyclic) bond motifs is 1. The first-order chi connectivity index (χ1) is 15.2. The van der Waals surface area contributed by atoms with Gasteiger partial charge in [0.05, 0.1) is 6.33 Å². The molecule has 1 amide bonds. The minimum atomic E-state index is -0.203. The summed E-state index contributed by atoms with van der Waals surface area (Å²) in [5.74, 6) is 0.785. The number of benzene rings is 1. The number of carbonyl (C=O) groups is 1. The van der Waals surface area contributed by atoms with E-state index < -0.39 is 0 Å². The molecule has 31 heavy (non-hydrogen) atoms. The summed E-state index contributed by atoms with van der Waals surface area (Å²) in [7, 11) is 0. The maximum atomic E-state index is 12.8. The maximum absolute atomic E-state index is 12.8. The molecular weight excluding hydrogens is 390 g/mol. The number of hydrogen-bond donors (Lipinski definition) is 3. The van der Waals surface area contributed by atoms with Gasteiger partial charge in [0.1, 0.15) is 0 Å². The molecule has 2 heterocycles. The molecule has 2 aromatic heterocycles. The van der Waals surface area contributed by atoms with E-state index in [0.717, 1.165) is 44.2 Å². The lowest BCUT2D eigenvalue weighted by Crippen LogP contribution is -2.33. The second kappa shape index (κ2) is 8.63. The van der Waals surface area contributed by atoms with Crippen LogP contribution in [0.5, 0.6) is 0 Å². The Morgan fingerprint density at radius 2 is 1.74 bits per heavy atom. The zero-order valence-corrected chi connectivity index (χ0v) is 17.6. The Morgan fingerprint density at radius 3 is 2.48 bits per heavy atom. The van der Waals surface area contributed by atoms with E-state index in [9.17, 15) is 4.79 Å². The van der Waals surface area contributed by atoms with Crippen molar-refractivity contribution in [2.24, 2.45) is 5.73 Å². The zero-order chi connectivity index (χ0) is 21.2. The fourth-order valence-corrected chi connectivity index (χ4v) is 4.73. The molecule has 1 aromatic carbocycles. The molecule has 2 fully saturated rings. The second-order valence-electron chi connectivity index (χ2n) is 8.73. The molecule has 0 aliphatic heterocycles. The molecule has 0 spiro atoms. The van der Waals surface area contributed by atoms with Crippen LogP contribution in [0.1, 0.15) is 67.8 Å². The molecule has 2 aliphatic rings. The summed E-state index contributed by atoms with van der Waals surface area (Å²) in [5.41, 5.74) is 8.05. The third-order valence-electron chi connectivity index (χ3n) is 6.51. The van der Waals surface area contributed by atoms with Gasteiger partial charge in [-0.15, -0.1) is 0 Å². The lowest BCUT2D eigenvalue weighted by Gasteiger charge is -2.27. The third kappa shape index (κ3) is 4.25. The molecule has 8 nitrogen and oxygen atoms in total. The molecule has 0 saturated heterocycles. The number of imidazole rings is 1. The van der Waals surface area contributed by atoms with E-state index in [4.69, 9.17) is 10.7 Å². The normalized spacial score (nSPS) is 22.0. The smallest absolute Gasteiger partial charge is 0.256 e. The first kappa shape index (κ1) is 19.9. The molecule has 4 N–H and O–H groups in total. The van der Waals surface area contributed by atoms with Gasteiger partial charge >= 0.3 is 0 Å². The predicted molar refractivity (Wildman–Crippen MR) is 121 cm³/mol. The van der Waals surface area contributed by atoms with Crippen molar-refractivity contribution in [2.75, 3.05) is 10.6 Å². The highest BCUT2D eigenvalue weighted by atomic mass is 16.1. The van der Waals surface area contributed by atoms with Crippen LogP contribution < -0.4 is 16.4 Å². The van der Waals surface area contributed by atoms with Crippen molar-refractivity contribution < 1.29 is 4.79 Å². The minimum absolute atomic E-state index is 0.203. The van der Waals surface area contributed by atoms with E-state index in [1.54, 1.807) is 12.1 Å². The number of rotatable bonds is 5. The first-order valence-corrected chi connectivity index (χ1v) is 11.3. The van der Waals surface area contributed by atoms with Crippen LogP contribution in [0.4, 0.5) is 11.8 Å². The predicted octanol–water partition coefficient (Wildman–Crippen LogP) is 3.88. The van der Waals surface area contributed by atoms with Gasteiger partial charge in [-0.3, -0.25) is 4.79 Å². The largest absolute Gasteiger partial charge is 0.351 e. The van der Waals surface area contributed by atoms with Gasteiger partial charge in [-0.1, -0.05) is 31.0 Å². The van der Waals surface area contributed by atoms with Gasteiger partial charge in [-0.25, -0.2) is 4.98 Å². The van der Waals surface area contributed by atoms with E-state index in [-0.39, 0.29) is 18.0 Å². The summed E-state index contributed by atoms with van der Waals surface area (Å²) in [6, 6.07) is 10.1. The summed E-state index contributed by atoms with van der Waals surface area (Å²) in [4.78, 5) is 26.9. The van der Waals surface area contributed by atoms with Crippen molar-refractivity contribution in [2.45, 2.75) is 69.5 Å². The van der Waals surface area contributed by atoms with Crippen molar-refractivity contribution in [1.29, 1.82) is 0 Å². The number of hydrogen-bond acceptors (Lipinski definition) is 6. The van der Waals surface area contributed by atoms with Crippen molar-refractivity contribution in [1.82, 2.24) is 19.5 Å². The van der Waals surface area contributed by atoms with Crippen LogP contribution in [0.3, 0.4) is 0 Å². The molecule has 5 rings (SSSR count). The summed E-state index contributed by atoms with van der Waals surface area (Å²) >= 11 is 0. The van der Waals surface area contributed by atoms with E-state index in [1.165, 1.54) is 12.8 Å². The molecule has 0 bridgehead atoms. The average Bonchev–Trinajstić information content (AvgIpc) is 3.46. The molecule has 2 aliphatic carbocycles. The summed E-state index contributed by atoms with van der Waals surface area (Å²) in [5, 5.41) is 6.45. The zero-order valence-electron chi connectivity index (χ0n) is 17.6. The van der Waals surface area contributed by atoms with E-state index in [0.29, 0.717) is 28.9 Å². The van der Waals surface area contributed by atoms with Crippen molar-refractivity contribution >= 4 is 28.8 Å². The van der Waals surface area contributed by atoms with Crippen molar-refractivity contribution in [3.63, 3.8) is 0 Å². The molecule has 8 heteroatoms. The number of carbonyl (C=O) groups excluding carboxylic acids is 1. The Labute approximate surface area is 181 Å². The van der Waals surface area contributed by atoms with Crippen LogP contribution in [0.25, 0.3) is 11.2 Å². The SMILES string of the molecule is NC1CCC(Nc2nc(NC(=O)c3ccccc3)c3ncn(C4CCCC4)c3n2)CC1. The van der Waals surface area contributed by atoms with Crippen LogP contribution in [-0.4, -0.2) is 37.5 Å². The second-order valence-corrected chi connectivity index (χ2v) is 8.73. The van der Waals surface area contributed by atoms with Crippen molar-refractivity contribution in [3.05, 3.63) is 42.2 Å². The number of nitrogens with zero attached hydrogens (tertiary/aromatic N) is 4. The molecule has 3 aromatic rings. The molecule has 162 valence electrons. The lowest BCUT2D eigenvalue weighted by atomic mass is 9.92. The Morgan fingerprint density at radius 1 is 1.00 bits per heavy atom. The average molecular weight is 420 g/mol. The monoisotopic (exact) mass is 419 g/mol. The number of anilines is 2. The van der Waals surface area contributed by atoms with Gasteiger partial charge in [0.25, 0.3) is 5.91 Å². The highest BCUT2D eigenvalue weighted by molar-refractivity contribution is 6.06.